The number of rotatable bonds is 7. The van der Waals surface area contributed by atoms with E-state index < -0.39 is 10.0 Å². The molecule has 2 aromatic rings. The Labute approximate surface area is 129 Å². The first-order chi connectivity index (χ1) is 10.5. The number of sulfonamides is 1. The molecule has 0 aliphatic rings. The van der Waals surface area contributed by atoms with E-state index in [9.17, 15) is 12.8 Å². The highest BCUT2D eigenvalue weighted by Gasteiger charge is 2.08. The van der Waals surface area contributed by atoms with E-state index in [1.807, 2.05) is 0 Å². The first-order valence-corrected chi connectivity index (χ1v) is 8.49. The molecule has 1 aromatic heterocycles. The Balaban J connectivity index is 1.96. The molecule has 0 spiro atoms. The summed E-state index contributed by atoms with van der Waals surface area (Å²) < 4.78 is 44.1. The van der Waals surface area contributed by atoms with E-state index in [2.05, 4.69) is 9.71 Å². The van der Waals surface area contributed by atoms with Crippen LogP contribution in [0.5, 0.6) is 11.6 Å². The minimum Gasteiger partial charge on any atom is -0.439 e. The molecule has 0 saturated heterocycles. The summed E-state index contributed by atoms with van der Waals surface area (Å²) in [6, 6.07) is 9.06. The summed E-state index contributed by atoms with van der Waals surface area (Å²) in [5.74, 6) is 0.371. The molecule has 0 bridgehead atoms. The summed E-state index contributed by atoms with van der Waals surface area (Å²) in [4.78, 5) is 4.07. The Morgan fingerprint density at radius 2 is 2.09 bits per heavy atom. The quantitative estimate of drug-likeness (QED) is 0.850. The second-order valence-corrected chi connectivity index (χ2v) is 6.63. The molecule has 0 unspecified atom stereocenters. The summed E-state index contributed by atoms with van der Waals surface area (Å²) in [6.45, 7) is 1.98. The average molecular weight is 324 g/mol. The van der Waals surface area contributed by atoms with Crippen LogP contribution >= 0.6 is 0 Å². The minimum atomic E-state index is -3.24. The van der Waals surface area contributed by atoms with E-state index in [-0.39, 0.29) is 18.1 Å². The molecule has 22 heavy (non-hydrogen) atoms. The highest BCUT2D eigenvalue weighted by atomic mass is 32.2. The van der Waals surface area contributed by atoms with Crippen molar-refractivity contribution in [1.29, 1.82) is 0 Å². The number of hydrogen-bond acceptors (Lipinski definition) is 4. The zero-order valence-corrected chi connectivity index (χ0v) is 12.9. The predicted molar refractivity (Wildman–Crippen MR) is 81.6 cm³/mol. The van der Waals surface area contributed by atoms with Crippen LogP contribution in [0, 0.1) is 5.82 Å². The summed E-state index contributed by atoms with van der Waals surface area (Å²) in [5, 5.41) is 0. The Bertz CT molecular complexity index is 718. The fraction of sp³-hybridized carbons (Fsp3) is 0.267. The SMILES string of the molecule is CCCS(=O)(=O)NCc1ccc(Oc2cccc(F)c2)nc1. The normalized spacial score (nSPS) is 11.4. The van der Waals surface area contributed by atoms with Crippen LogP contribution in [-0.2, 0) is 16.6 Å². The van der Waals surface area contributed by atoms with Crippen LogP contribution in [0.3, 0.4) is 0 Å². The van der Waals surface area contributed by atoms with Crippen molar-refractivity contribution in [3.05, 3.63) is 54.0 Å². The zero-order valence-electron chi connectivity index (χ0n) is 12.1. The van der Waals surface area contributed by atoms with E-state index in [0.717, 1.165) is 0 Å². The van der Waals surface area contributed by atoms with Crippen LogP contribution in [0.25, 0.3) is 0 Å². The van der Waals surface area contributed by atoms with Gasteiger partial charge in [0.1, 0.15) is 11.6 Å². The van der Waals surface area contributed by atoms with Gasteiger partial charge in [0.15, 0.2) is 0 Å². The molecular formula is C15H17FN2O3S. The number of benzene rings is 1. The number of hydrogen-bond donors (Lipinski definition) is 1. The smallest absolute Gasteiger partial charge is 0.219 e. The van der Waals surface area contributed by atoms with Crippen molar-refractivity contribution in [3.8, 4) is 11.6 Å². The van der Waals surface area contributed by atoms with Gasteiger partial charge in [0.05, 0.1) is 5.75 Å². The van der Waals surface area contributed by atoms with Crippen LogP contribution in [0.2, 0.25) is 0 Å². The number of nitrogens with zero attached hydrogens (tertiary/aromatic N) is 1. The lowest BCUT2D eigenvalue weighted by atomic mass is 10.3. The number of aromatic nitrogens is 1. The second kappa shape index (κ2) is 7.33. The van der Waals surface area contributed by atoms with Crippen molar-refractivity contribution in [2.75, 3.05) is 5.75 Å². The molecule has 2 rings (SSSR count). The first-order valence-electron chi connectivity index (χ1n) is 6.84. The van der Waals surface area contributed by atoms with Gasteiger partial charge >= 0.3 is 0 Å². The van der Waals surface area contributed by atoms with Gasteiger partial charge in [-0.25, -0.2) is 22.5 Å². The van der Waals surface area contributed by atoms with Crippen LogP contribution in [0.15, 0.2) is 42.6 Å². The lowest BCUT2D eigenvalue weighted by Gasteiger charge is -2.07. The van der Waals surface area contributed by atoms with Crippen molar-refractivity contribution in [2.45, 2.75) is 19.9 Å². The largest absolute Gasteiger partial charge is 0.439 e. The van der Waals surface area contributed by atoms with Crippen LogP contribution in [0.4, 0.5) is 4.39 Å². The molecule has 1 aromatic carbocycles. The summed E-state index contributed by atoms with van der Waals surface area (Å²) in [6.07, 6.45) is 2.08. The maximum atomic E-state index is 13.0. The molecule has 0 radical (unpaired) electrons. The molecule has 1 heterocycles. The van der Waals surface area contributed by atoms with E-state index in [1.54, 1.807) is 31.2 Å². The molecule has 0 fully saturated rings. The Kier molecular flexibility index (Phi) is 5.46. The number of nitrogens with one attached hydrogen (secondary N) is 1. The van der Waals surface area contributed by atoms with Gasteiger partial charge in [0.2, 0.25) is 15.9 Å². The fourth-order valence-electron chi connectivity index (χ4n) is 1.76. The van der Waals surface area contributed by atoms with Crippen molar-refractivity contribution in [1.82, 2.24) is 9.71 Å². The van der Waals surface area contributed by atoms with E-state index in [4.69, 9.17) is 4.74 Å². The summed E-state index contributed by atoms with van der Waals surface area (Å²) in [7, 11) is -3.24. The van der Waals surface area contributed by atoms with E-state index >= 15 is 0 Å². The van der Waals surface area contributed by atoms with Gasteiger partial charge in [-0.3, -0.25) is 0 Å². The van der Waals surface area contributed by atoms with Gasteiger partial charge in [-0.15, -0.1) is 0 Å². The number of ether oxygens (including phenoxy) is 1. The van der Waals surface area contributed by atoms with Gasteiger partial charge in [0, 0.05) is 24.9 Å². The molecule has 0 saturated carbocycles. The third-order valence-electron chi connectivity index (χ3n) is 2.79. The maximum absolute atomic E-state index is 13.0. The first kappa shape index (κ1) is 16.4. The Hall–Kier alpha value is -1.99. The predicted octanol–water partition coefficient (Wildman–Crippen LogP) is 2.84. The third kappa shape index (κ3) is 5.09. The van der Waals surface area contributed by atoms with Gasteiger partial charge in [0.25, 0.3) is 0 Å². The Morgan fingerprint density at radius 1 is 1.27 bits per heavy atom. The van der Waals surface area contributed by atoms with E-state index in [1.165, 1.54) is 18.3 Å². The minimum absolute atomic E-state index is 0.0984. The van der Waals surface area contributed by atoms with Gasteiger partial charge in [-0.05, 0) is 24.1 Å². The van der Waals surface area contributed by atoms with Crippen molar-refractivity contribution in [2.24, 2.45) is 0 Å². The molecule has 0 aliphatic carbocycles. The van der Waals surface area contributed by atoms with Crippen LogP contribution in [-0.4, -0.2) is 19.2 Å². The monoisotopic (exact) mass is 324 g/mol. The standard InChI is InChI=1S/C15H17FN2O3S/c1-2-8-22(19,20)18-11-12-6-7-15(17-10-12)21-14-5-3-4-13(16)9-14/h3-7,9-10,18H,2,8,11H2,1H3. The molecule has 1 N–H and O–H groups in total. The van der Waals surface area contributed by atoms with Crippen molar-refractivity contribution < 1.29 is 17.5 Å². The molecule has 5 nitrogen and oxygen atoms in total. The van der Waals surface area contributed by atoms with Gasteiger partial charge < -0.3 is 4.74 Å². The third-order valence-corrected chi connectivity index (χ3v) is 4.32. The number of halogens is 1. The fourth-order valence-corrected chi connectivity index (χ4v) is 2.83. The molecular weight excluding hydrogens is 307 g/mol. The second-order valence-electron chi connectivity index (χ2n) is 4.70. The molecule has 0 amide bonds. The van der Waals surface area contributed by atoms with Crippen molar-refractivity contribution in [3.63, 3.8) is 0 Å². The average Bonchev–Trinajstić information content (AvgIpc) is 2.47. The maximum Gasteiger partial charge on any atom is 0.219 e. The summed E-state index contributed by atoms with van der Waals surface area (Å²) in [5.41, 5.74) is 0.714. The molecule has 0 atom stereocenters. The molecule has 118 valence electrons. The Morgan fingerprint density at radius 3 is 2.73 bits per heavy atom. The lowest BCUT2D eigenvalue weighted by molar-refractivity contribution is 0.457. The number of pyridine rings is 1. The van der Waals surface area contributed by atoms with E-state index in [0.29, 0.717) is 23.6 Å². The van der Waals surface area contributed by atoms with Gasteiger partial charge in [-0.2, -0.15) is 0 Å². The zero-order chi connectivity index (χ0) is 16.0. The van der Waals surface area contributed by atoms with Crippen molar-refractivity contribution >= 4 is 10.0 Å². The van der Waals surface area contributed by atoms with Gasteiger partial charge in [-0.1, -0.05) is 19.1 Å². The van der Waals surface area contributed by atoms with Crippen LogP contribution in [0.1, 0.15) is 18.9 Å². The van der Waals surface area contributed by atoms with Crippen LogP contribution < -0.4 is 9.46 Å². The molecule has 0 aliphatic heterocycles. The topological polar surface area (TPSA) is 68.3 Å². The molecule has 7 heteroatoms. The highest BCUT2D eigenvalue weighted by molar-refractivity contribution is 7.89. The summed E-state index contributed by atoms with van der Waals surface area (Å²) >= 11 is 0. The lowest BCUT2D eigenvalue weighted by Crippen LogP contribution is -2.25. The highest BCUT2D eigenvalue weighted by Crippen LogP contribution is 2.19.